The van der Waals surface area contributed by atoms with Crippen LogP contribution in [-0.2, 0) is 0 Å². The summed E-state index contributed by atoms with van der Waals surface area (Å²) in [5.41, 5.74) is 7.89. The van der Waals surface area contributed by atoms with Crippen LogP contribution in [0.3, 0.4) is 0 Å². The first-order valence-electron chi connectivity index (χ1n) is 12.2. The summed E-state index contributed by atoms with van der Waals surface area (Å²) in [6.07, 6.45) is 17.5. The minimum atomic E-state index is -0.113. The maximum atomic E-state index is 2.71. The fourth-order valence-corrected chi connectivity index (χ4v) is 8.76. The predicted octanol–water partition coefficient (Wildman–Crippen LogP) is 4.61. The molecule has 0 saturated carbocycles. The molecule has 2 aromatic carbocycles. The molecular formula is C30H34IN2-. The van der Waals surface area contributed by atoms with Crippen molar-refractivity contribution in [3.05, 3.63) is 99.3 Å². The molecule has 3 heteroatoms. The van der Waals surface area contributed by atoms with Crippen LogP contribution in [0.1, 0.15) is 51.2 Å². The van der Waals surface area contributed by atoms with Crippen LogP contribution >= 0.6 is 0 Å². The summed E-state index contributed by atoms with van der Waals surface area (Å²) < 4.78 is 1.91. The van der Waals surface area contributed by atoms with Gasteiger partial charge >= 0.3 is 210 Å². The van der Waals surface area contributed by atoms with Crippen LogP contribution in [0, 0.1) is 16.4 Å². The number of halogens is 1. The van der Waals surface area contributed by atoms with Gasteiger partial charge in [0.2, 0.25) is 0 Å². The number of benzene rings is 2. The molecule has 0 fully saturated rings. The number of alkyl halides is 1. The van der Waals surface area contributed by atoms with Crippen molar-refractivity contribution in [2.45, 2.75) is 50.5 Å². The number of nitrogens with zero attached hydrogens (tertiary/aromatic N) is 2. The van der Waals surface area contributed by atoms with Crippen LogP contribution in [0.15, 0.2) is 84.6 Å². The Bertz CT molecular complexity index is 1150. The Morgan fingerprint density at radius 1 is 1.06 bits per heavy atom. The number of anilines is 2. The Morgan fingerprint density at radius 2 is 1.82 bits per heavy atom. The summed E-state index contributed by atoms with van der Waals surface area (Å²) in [5.74, 6) is 0.603. The first kappa shape index (κ1) is 22.5. The normalized spacial score (nSPS) is 20.8. The molecule has 1 aliphatic carbocycles. The molecule has 172 valence electrons. The van der Waals surface area contributed by atoms with Crippen molar-refractivity contribution in [2.75, 3.05) is 11.4 Å². The van der Waals surface area contributed by atoms with Crippen molar-refractivity contribution in [1.29, 1.82) is 0 Å². The van der Waals surface area contributed by atoms with E-state index in [-0.39, 0.29) is 21.2 Å². The van der Waals surface area contributed by atoms with Crippen LogP contribution in [0.5, 0.6) is 0 Å². The van der Waals surface area contributed by atoms with E-state index in [1.807, 2.05) is 0 Å². The fraction of sp³-hybridized carbons (Fsp3) is 0.333. The molecule has 0 saturated heterocycles. The summed E-state index contributed by atoms with van der Waals surface area (Å²) >= 11 is -0.113. The van der Waals surface area contributed by atoms with Gasteiger partial charge in [-0.05, 0) is 0 Å². The molecule has 0 spiro atoms. The second-order valence-corrected chi connectivity index (χ2v) is 13.1. The number of hydrogen-bond donors (Lipinski definition) is 0. The van der Waals surface area contributed by atoms with Gasteiger partial charge in [-0.2, -0.15) is 0 Å². The zero-order chi connectivity index (χ0) is 23.0. The van der Waals surface area contributed by atoms with E-state index < -0.39 is 0 Å². The van der Waals surface area contributed by atoms with E-state index in [4.69, 9.17) is 0 Å². The van der Waals surface area contributed by atoms with E-state index in [9.17, 15) is 0 Å². The first-order valence-corrected chi connectivity index (χ1v) is 14.4. The Morgan fingerprint density at radius 3 is 2.52 bits per heavy atom. The molecule has 0 aromatic heterocycles. The van der Waals surface area contributed by atoms with Crippen molar-refractivity contribution < 1.29 is 21.2 Å². The first-order chi connectivity index (χ1) is 16.0. The number of rotatable bonds is 5. The third-order valence-electron chi connectivity index (χ3n) is 7.14. The Hall–Kier alpha value is -2.27. The molecule has 0 amide bonds. The van der Waals surface area contributed by atoms with Gasteiger partial charge in [-0.3, -0.25) is 0 Å². The van der Waals surface area contributed by atoms with Gasteiger partial charge in [0.25, 0.3) is 0 Å². The molecular weight excluding hydrogens is 515 g/mol. The molecule has 3 aliphatic rings. The molecule has 2 aromatic rings. The van der Waals surface area contributed by atoms with Crippen molar-refractivity contribution in [2.24, 2.45) is 5.92 Å². The second-order valence-electron chi connectivity index (χ2n) is 9.35. The SMILES string of the molecule is CCC1(CC)[I-]c2ccc(N(C3=CCC(C)C=C3)c3ccc(C)cc3)cc2C2=CC=CCN21. The predicted molar refractivity (Wildman–Crippen MR) is 137 cm³/mol. The summed E-state index contributed by atoms with van der Waals surface area (Å²) in [6.45, 7) is 10.2. The minimum absolute atomic E-state index is 0.113. The molecule has 0 bridgehead atoms. The fourth-order valence-electron chi connectivity index (χ4n) is 5.09. The van der Waals surface area contributed by atoms with Gasteiger partial charge in [-0.25, -0.2) is 0 Å². The average Bonchev–Trinajstić information content (AvgIpc) is 2.86. The quantitative estimate of drug-likeness (QED) is 0.306. The number of allylic oxidation sites excluding steroid dienone is 5. The van der Waals surface area contributed by atoms with E-state index in [1.165, 1.54) is 46.7 Å². The summed E-state index contributed by atoms with van der Waals surface area (Å²) in [5, 5.41) is 0. The van der Waals surface area contributed by atoms with E-state index in [1.54, 1.807) is 3.57 Å². The summed E-state index contributed by atoms with van der Waals surface area (Å²) in [4.78, 5) is 5.15. The van der Waals surface area contributed by atoms with Crippen molar-refractivity contribution in [3.8, 4) is 0 Å². The standard InChI is InChI=1S/C30H34IN2/c1-5-30(6-2)31-28-19-18-26(21-27(28)29-9-7-8-20-32(29)30)33(24-14-10-22(3)11-15-24)25-16-12-23(4)13-17-25/h7-12,14-19,21,23H,5-6,13,20H2,1-4H3/q-1. The van der Waals surface area contributed by atoms with E-state index in [0.717, 1.165) is 13.0 Å². The maximum absolute atomic E-state index is 2.71. The second kappa shape index (κ2) is 9.17. The molecule has 1 atom stereocenters. The van der Waals surface area contributed by atoms with Crippen molar-refractivity contribution in [1.82, 2.24) is 4.90 Å². The number of hydrogen-bond acceptors (Lipinski definition) is 2. The van der Waals surface area contributed by atoms with Crippen LogP contribution in [0.25, 0.3) is 5.70 Å². The van der Waals surface area contributed by atoms with E-state index >= 15 is 0 Å². The van der Waals surface area contributed by atoms with Gasteiger partial charge in [0.15, 0.2) is 0 Å². The third-order valence-corrected chi connectivity index (χ3v) is 11.8. The molecule has 5 rings (SSSR count). The Labute approximate surface area is 209 Å². The number of aryl methyl sites for hydroxylation is 1. The molecule has 2 aliphatic heterocycles. The van der Waals surface area contributed by atoms with E-state index in [2.05, 4.69) is 116 Å². The van der Waals surface area contributed by atoms with Crippen LogP contribution in [0.2, 0.25) is 0 Å². The van der Waals surface area contributed by atoms with Gasteiger partial charge < -0.3 is 0 Å². The van der Waals surface area contributed by atoms with Crippen LogP contribution in [-0.4, -0.2) is 15.0 Å². The van der Waals surface area contributed by atoms with Gasteiger partial charge in [0.1, 0.15) is 0 Å². The average molecular weight is 550 g/mol. The Kier molecular flexibility index (Phi) is 6.26. The molecule has 2 heterocycles. The van der Waals surface area contributed by atoms with Gasteiger partial charge in [-0.1, -0.05) is 0 Å². The van der Waals surface area contributed by atoms with Crippen LogP contribution < -0.4 is 26.1 Å². The van der Waals surface area contributed by atoms with Crippen molar-refractivity contribution in [3.63, 3.8) is 0 Å². The molecule has 0 radical (unpaired) electrons. The van der Waals surface area contributed by atoms with E-state index in [0.29, 0.717) is 9.46 Å². The van der Waals surface area contributed by atoms with Crippen LogP contribution in [0.4, 0.5) is 11.4 Å². The van der Waals surface area contributed by atoms with Gasteiger partial charge in [0, 0.05) is 0 Å². The number of fused-ring (bicyclic) bond motifs is 3. The van der Waals surface area contributed by atoms with Gasteiger partial charge in [-0.15, -0.1) is 0 Å². The zero-order valence-electron chi connectivity index (χ0n) is 20.2. The Balaban J connectivity index is 1.63. The molecule has 2 nitrogen and oxygen atoms in total. The van der Waals surface area contributed by atoms with Gasteiger partial charge in [0.05, 0.1) is 0 Å². The zero-order valence-corrected chi connectivity index (χ0v) is 22.3. The summed E-state index contributed by atoms with van der Waals surface area (Å²) in [6, 6.07) is 16.2. The topological polar surface area (TPSA) is 6.48 Å². The third kappa shape index (κ3) is 4.09. The van der Waals surface area contributed by atoms with Crippen molar-refractivity contribution >= 4 is 17.1 Å². The molecule has 0 N–H and O–H groups in total. The monoisotopic (exact) mass is 549 g/mol. The summed E-state index contributed by atoms with van der Waals surface area (Å²) in [7, 11) is 0. The molecule has 33 heavy (non-hydrogen) atoms. The molecule has 1 unspecified atom stereocenters.